The molecule has 2 rings (SSSR count). The van der Waals surface area contributed by atoms with E-state index in [2.05, 4.69) is 15.9 Å². The summed E-state index contributed by atoms with van der Waals surface area (Å²) in [7, 11) is 0. The molecule has 19 heavy (non-hydrogen) atoms. The first-order valence-corrected chi connectivity index (χ1v) is 6.45. The number of hydrogen-bond acceptors (Lipinski definition) is 2. The van der Waals surface area contributed by atoms with Crippen LogP contribution in [-0.4, -0.2) is 0 Å². The predicted molar refractivity (Wildman–Crippen MR) is 72.7 cm³/mol. The van der Waals surface area contributed by atoms with Crippen molar-refractivity contribution in [3.8, 4) is 5.75 Å². The molecular weight excluding hydrogens is 316 g/mol. The van der Waals surface area contributed by atoms with E-state index < -0.39 is 11.6 Å². The fourth-order valence-electron chi connectivity index (χ4n) is 1.60. The molecule has 0 atom stereocenters. The van der Waals surface area contributed by atoms with Gasteiger partial charge in [0.05, 0.1) is 4.47 Å². The van der Waals surface area contributed by atoms with E-state index in [0.717, 1.165) is 16.1 Å². The van der Waals surface area contributed by atoms with Crippen molar-refractivity contribution in [3.05, 3.63) is 63.6 Å². The van der Waals surface area contributed by atoms with Gasteiger partial charge in [0.1, 0.15) is 12.4 Å². The van der Waals surface area contributed by atoms with Gasteiger partial charge in [-0.3, -0.25) is 0 Å². The highest BCUT2D eigenvalue weighted by Crippen LogP contribution is 2.27. The molecule has 100 valence electrons. The van der Waals surface area contributed by atoms with Gasteiger partial charge in [-0.1, -0.05) is 18.2 Å². The Balaban J connectivity index is 2.12. The molecule has 0 aromatic heterocycles. The van der Waals surface area contributed by atoms with E-state index in [4.69, 9.17) is 10.5 Å². The number of ether oxygens (including phenoxy) is 1. The average molecular weight is 328 g/mol. The first-order valence-electron chi connectivity index (χ1n) is 5.66. The summed E-state index contributed by atoms with van der Waals surface area (Å²) in [5, 5.41) is 0. The molecule has 2 aromatic carbocycles. The maximum atomic E-state index is 13.4. The van der Waals surface area contributed by atoms with E-state index in [9.17, 15) is 8.78 Å². The fraction of sp³-hybridized carbons (Fsp3) is 0.143. The topological polar surface area (TPSA) is 35.2 Å². The molecule has 0 bridgehead atoms. The van der Waals surface area contributed by atoms with Crippen molar-refractivity contribution in [2.75, 3.05) is 0 Å². The fourth-order valence-corrected chi connectivity index (χ4v) is 2.14. The van der Waals surface area contributed by atoms with Gasteiger partial charge in [0.25, 0.3) is 0 Å². The number of nitrogens with two attached hydrogens (primary N) is 1. The van der Waals surface area contributed by atoms with E-state index in [1.54, 1.807) is 6.07 Å². The molecule has 0 saturated heterocycles. The van der Waals surface area contributed by atoms with Crippen molar-refractivity contribution >= 4 is 15.9 Å². The van der Waals surface area contributed by atoms with Crippen LogP contribution in [0.25, 0.3) is 0 Å². The Labute approximate surface area is 118 Å². The van der Waals surface area contributed by atoms with Gasteiger partial charge in [0.2, 0.25) is 0 Å². The summed E-state index contributed by atoms with van der Waals surface area (Å²) in [4.78, 5) is 0. The molecule has 0 spiro atoms. The Morgan fingerprint density at radius 2 is 1.95 bits per heavy atom. The van der Waals surface area contributed by atoms with Crippen molar-refractivity contribution < 1.29 is 13.5 Å². The van der Waals surface area contributed by atoms with Gasteiger partial charge in [-0.15, -0.1) is 0 Å². The minimum Gasteiger partial charge on any atom is -0.488 e. The quantitative estimate of drug-likeness (QED) is 0.927. The molecule has 2 N–H and O–H groups in total. The first kappa shape index (κ1) is 14.0. The minimum absolute atomic E-state index is 0.0375. The molecule has 0 aliphatic heterocycles. The standard InChI is InChI=1S/C14H12BrF2NO/c15-11-6-9(7-18)4-5-13(11)19-8-10-2-1-3-12(16)14(10)17/h1-6H,7-8,18H2. The second-order valence-electron chi connectivity index (χ2n) is 3.97. The van der Waals surface area contributed by atoms with Crippen LogP contribution in [0.2, 0.25) is 0 Å². The molecule has 0 aliphatic carbocycles. The highest BCUT2D eigenvalue weighted by atomic mass is 79.9. The molecule has 0 fully saturated rings. The predicted octanol–water partition coefficient (Wildman–Crippen LogP) is 3.77. The summed E-state index contributed by atoms with van der Waals surface area (Å²) in [6, 6.07) is 9.40. The smallest absolute Gasteiger partial charge is 0.165 e. The summed E-state index contributed by atoms with van der Waals surface area (Å²) in [6.07, 6.45) is 0. The lowest BCUT2D eigenvalue weighted by Crippen LogP contribution is -2.01. The van der Waals surface area contributed by atoms with Crippen molar-refractivity contribution in [2.24, 2.45) is 5.73 Å². The van der Waals surface area contributed by atoms with Crippen LogP contribution in [0.5, 0.6) is 5.75 Å². The summed E-state index contributed by atoms with van der Waals surface area (Å²) in [5.41, 5.74) is 6.65. The second kappa shape index (κ2) is 6.12. The average Bonchev–Trinajstić information content (AvgIpc) is 2.41. The third-order valence-corrected chi connectivity index (χ3v) is 3.27. The number of halogens is 3. The van der Waals surface area contributed by atoms with E-state index >= 15 is 0 Å². The normalized spacial score (nSPS) is 10.5. The molecule has 5 heteroatoms. The van der Waals surface area contributed by atoms with E-state index in [1.165, 1.54) is 12.1 Å². The lowest BCUT2D eigenvalue weighted by Gasteiger charge is -2.10. The van der Waals surface area contributed by atoms with Crippen molar-refractivity contribution in [3.63, 3.8) is 0 Å². The van der Waals surface area contributed by atoms with Crippen LogP contribution in [-0.2, 0) is 13.2 Å². The molecule has 0 unspecified atom stereocenters. The zero-order chi connectivity index (χ0) is 13.8. The van der Waals surface area contributed by atoms with Crippen LogP contribution in [0.15, 0.2) is 40.9 Å². The summed E-state index contributed by atoms with van der Waals surface area (Å²) < 4.78 is 32.7. The van der Waals surface area contributed by atoms with Crippen LogP contribution in [0.3, 0.4) is 0 Å². The Morgan fingerprint density at radius 3 is 2.63 bits per heavy atom. The molecule has 2 nitrogen and oxygen atoms in total. The number of rotatable bonds is 4. The van der Waals surface area contributed by atoms with Crippen LogP contribution < -0.4 is 10.5 Å². The first-order chi connectivity index (χ1) is 9.11. The molecular formula is C14H12BrF2NO. The van der Waals surface area contributed by atoms with Crippen LogP contribution in [0.1, 0.15) is 11.1 Å². The molecule has 0 saturated carbocycles. The Kier molecular flexibility index (Phi) is 4.50. The van der Waals surface area contributed by atoms with Crippen molar-refractivity contribution in [2.45, 2.75) is 13.2 Å². The van der Waals surface area contributed by atoms with Gasteiger partial charge in [-0.2, -0.15) is 0 Å². The van der Waals surface area contributed by atoms with E-state index in [0.29, 0.717) is 12.3 Å². The zero-order valence-electron chi connectivity index (χ0n) is 10.00. The maximum absolute atomic E-state index is 13.4. The van der Waals surface area contributed by atoms with Gasteiger partial charge in [0, 0.05) is 12.1 Å². The minimum atomic E-state index is -0.878. The highest BCUT2D eigenvalue weighted by molar-refractivity contribution is 9.10. The van der Waals surface area contributed by atoms with E-state index in [-0.39, 0.29) is 12.2 Å². The van der Waals surface area contributed by atoms with E-state index in [1.807, 2.05) is 12.1 Å². The van der Waals surface area contributed by atoms with Crippen molar-refractivity contribution in [1.82, 2.24) is 0 Å². The zero-order valence-corrected chi connectivity index (χ0v) is 11.6. The lowest BCUT2D eigenvalue weighted by atomic mass is 10.2. The van der Waals surface area contributed by atoms with Gasteiger partial charge in [0.15, 0.2) is 11.6 Å². The molecule has 2 aromatic rings. The highest BCUT2D eigenvalue weighted by Gasteiger charge is 2.09. The molecule has 0 radical (unpaired) electrons. The molecule has 0 amide bonds. The largest absolute Gasteiger partial charge is 0.488 e. The van der Waals surface area contributed by atoms with Gasteiger partial charge >= 0.3 is 0 Å². The third kappa shape index (κ3) is 3.30. The lowest BCUT2D eigenvalue weighted by molar-refractivity contribution is 0.295. The number of benzene rings is 2. The Hall–Kier alpha value is -1.46. The van der Waals surface area contributed by atoms with Crippen LogP contribution in [0, 0.1) is 11.6 Å². The molecule has 0 aliphatic rings. The van der Waals surface area contributed by atoms with Crippen LogP contribution in [0.4, 0.5) is 8.78 Å². The summed E-state index contributed by atoms with van der Waals surface area (Å²) >= 11 is 3.35. The SMILES string of the molecule is NCc1ccc(OCc2cccc(F)c2F)c(Br)c1. The Morgan fingerprint density at radius 1 is 1.16 bits per heavy atom. The molecule has 0 heterocycles. The Bertz CT molecular complexity index is 590. The second-order valence-corrected chi connectivity index (χ2v) is 4.82. The maximum Gasteiger partial charge on any atom is 0.165 e. The van der Waals surface area contributed by atoms with Crippen molar-refractivity contribution in [1.29, 1.82) is 0 Å². The monoisotopic (exact) mass is 327 g/mol. The third-order valence-electron chi connectivity index (χ3n) is 2.65. The van der Waals surface area contributed by atoms with Gasteiger partial charge in [-0.05, 0) is 39.7 Å². The van der Waals surface area contributed by atoms with Crippen LogP contribution >= 0.6 is 15.9 Å². The van der Waals surface area contributed by atoms with Gasteiger partial charge < -0.3 is 10.5 Å². The summed E-state index contributed by atoms with van der Waals surface area (Å²) in [5.74, 6) is -1.20. The number of hydrogen-bond donors (Lipinski definition) is 1. The van der Waals surface area contributed by atoms with Gasteiger partial charge in [-0.25, -0.2) is 8.78 Å². The summed E-state index contributed by atoms with van der Waals surface area (Å²) in [6.45, 7) is 0.390.